The normalized spacial score (nSPS) is 22.6. The summed E-state index contributed by atoms with van der Waals surface area (Å²) < 4.78 is 5.28. The van der Waals surface area contributed by atoms with Crippen LogP contribution >= 0.6 is 11.6 Å². The zero-order valence-electron chi connectivity index (χ0n) is 12.0. The second kappa shape index (κ2) is 5.59. The number of halogens is 1. The van der Waals surface area contributed by atoms with Gasteiger partial charge in [0, 0.05) is 30.2 Å². The molecule has 4 nitrogen and oxygen atoms in total. The number of nitrogens with one attached hydrogen (secondary N) is 1. The Kier molecular flexibility index (Phi) is 3.95. The predicted octanol–water partition coefficient (Wildman–Crippen LogP) is 2.00. The lowest BCUT2D eigenvalue weighted by molar-refractivity contribution is -0.129. The van der Waals surface area contributed by atoms with Crippen molar-refractivity contribution < 1.29 is 9.53 Å². The lowest BCUT2D eigenvalue weighted by Gasteiger charge is -2.32. The first kappa shape index (κ1) is 14.8. The van der Waals surface area contributed by atoms with Gasteiger partial charge in [-0.15, -0.1) is 0 Å². The van der Waals surface area contributed by atoms with E-state index in [0.717, 1.165) is 17.9 Å². The number of hydrogen-bond acceptors (Lipinski definition) is 3. The minimum absolute atomic E-state index is 0.0437. The highest BCUT2D eigenvalue weighted by molar-refractivity contribution is 6.30. The van der Waals surface area contributed by atoms with E-state index in [9.17, 15) is 4.79 Å². The molecule has 1 amide bonds. The highest BCUT2D eigenvalue weighted by Gasteiger charge is 2.45. The van der Waals surface area contributed by atoms with E-state index in [0.29, 0.717) is 32.6 Å². The van der Waals surface area contributed by atoms with Gasteiger partial charge >= 0.3 is 0 Å². The molecule has 0 spiro atoms. The van der Waals surface area contributed by atoms with Crippen molar-refractivity contribution in [3.05, 3.63) is 34.9 Å². The molecule has 2 aliphatic rings. The third-order valence-corrected chi connectivity index (χ3v) is 4.95. The Morgan fingerprint density at radius 2 is 2.00 bits per heavy atom. The van der Waals surface area contributed by atoms with Crippen LogP contribution in [-0.2, 0) is 14.9 Å². The van der Waals surface area contributed by atoms with Crippen LogP contribution in [0.25, 0.3) is 0 Å². The second-order valence-corrected chi connectivity index (χ2v) is 6.68. The second-order valence-electron chi connectivity index (χ2n) is 6.24. The van der Waals surface area contributed by atoms with Gasteiger partial charge in [0.05, 0.1) is 5.54 Å². The first-order valence-electron chi connectivity index (χ1n) is 7.45. The van der Waals surface area contributed by atoms with E-state index in [1.807, 2.05) is 18.2 Å². The number of hydrogen-bond donors (Lipinski definition) is 2. The third-order valence-electron chi connectivity index (χ3n) is 4.72. The van der Waals surface area contributed by atoms with Crippen LogP contribution in [0.15, 0.2) is 24.3 Å². The van der Waals surface area contributed by atoms with Crippen LogP contribution < -0.4 is 11.1 Å². The molecule has 1 aromatic carbocycles. The number of carbonyl (C=O) groups is 1. The number of amides is 1. The van der Waals surface area contributed by atoms with Crippen molar-refractivity contribution >= 4 is 17.5 Å². The molecule has 3 N–H and O–H groups in total. The first-order valence-corrected chi connectivity index (χ1v) is 7.83. The van der Waals surface area contributed by atoms with Crippen molar-refractivity contribution in [1.82, 2.24) is 5.32 Å². The van der Waals surface area contributed by atoms with Crippen LogP contribution in [-0.4, -0.2) is 31.2 Å². The topological polar surface area (TPSA) is 64.4 Å². The summed E-state index contributed by atoms with van der Waals surface area (Å²) in [6.45, 7) is 1.75. The predicted molar refractivity (Wildman–Crippen MR) is 82.3 cm³/mol. The maximum atomic E-state index is 12.4. The molecule has 1 aliphatic carbocycles. The molecule has 0 atom stereocenters. The smallest absolute Gasteiger partial charge is 0.240 e. The van der Waals surface area contributed by atoms with Gasteiger partial charge in [-0.25, -0.2) is 0 Å². The monoisotopic (exact) mass is 308 g/mol. The molecule has 0 radical (unpaired) electrons. The summed E-state index contributed by atoms with van der Waals surface area (Å²) in [5.74, 6) is -0.0564. The van der Waals surface area contributed by atoms with Gasteiger partial charge in [-0.05, 0) is 43.4 Å². The first-order chi connectivity index (χ1) is 10.0. The number of carbonyl (C=O) groups excluding carboxylic acids is 1. The fourth-order valence-corrected chi connectivity index (χ4v) is 3.12. The van der Waals surface area contributed by atoms with Crippen molar-refractivity contribution in [3.63, 3.8) is 0 Å². The largest absolute Gasteiger partial charge is 0.381 e. The molecular weight excluding hydrogens is 288 g/mol. The minimum atomic E-state index is -0.775. The van der Waals surface area contributed by atoms with Gasteiger partial charge in [-0.3, -0.25) is 4.79 Å². The maximum absolute atomic E-state index is 12.4. The molecule has 21 heavy (non-hydrogen) atoms. The quantitative estimate of drug-likeness (QED) is 0.894. The summed E-state index contributed by atoms with van der Waals surface area (Å²) in [5.41, 5.74) is 6.67. The Morgan fingerprint density at radius 3 is 2.62 bits per heavy atom. The molecule has 2 fully saturated rings. The van der Waals surface area contributed by atoms with Crippen LogP contribution in [0.4, 0.5) is 0 Å². The Labute approximate surface area is 130 Å². The van der Waals surface area contributed by atoms with E-state index in [1.165, 1.54) is 5.56 Å². The van der Waals surface area contributed by atoms with Crippen LogP contribution in [0.3, 0.4) is 0 Å². The summed E-state index contributed by atoms with van der Waals surface area (Å²) in [7, 11) is 0. The molecule has 1 saturated carbocycles. The standard InChI is InChI=1S/C16H21ClN2O2/c17-13-3-1-2-12(10-13)15(4-5-15)11-19-14(20)16(18)6-8-21-9-7-16/h1-3,10H,4-9,11,18H2,(H,19,20). The lowest BCUT2D eigenvalue weighted by atomic mass is 9.89. The summed E-state index contributed by atoms with van der Waals surface area (Å²) in [6, 6.07) is 7.91. The van der Waals surface area contributed by atoms with E-state index < -0.39 is 5.54 Å². The fourth-order valence-electron chi connectivity index (χ4n) is 2.92. The molecule has 1 saturated heterocycles. The summed E-state index contributed by atoms with van der Waals surface area (Å²) >= 11 is 6.06. The number of nitrogens with two attached hydrogens (primary N) is 1. The van der Waals surface area contributed by atoms with Crippen molar-refractivity contribution in [2.45, 2.75) is 36.6 Å². The average Bonchev–Trinajstić information content (AvgIpc) is 3.27. The molecule has 1 heterocycles. The van der Waals surface area contributed by atoms with Gasteiger partial charge in [0.2, 0.25) is 5.91 Å². The molecule has 1 aromatic rings. The maximum Gasteiger partial charge on any atom is 0.240 e. The van der Waals surface area contributed by atoms with E-state index in [4.69, 9.17) is 22.1 Å². The zero-order chi connectivity index (χ0) is 14.9. The Morgan fingerprint density at radius 1 is 1.29 bits per heavy atom. The van der Waals surface area contributed by atoms with Crippen LogP contribution in [0.2, 0.25) is 5.02 Å². The Hall–Kier alpha value is -1.10. The summed E-state index contributed by atoms with van der Waals surface area (Å²) in [4.78, 5) is 12.4. The van der Waals surface area contributed by atoms with Gasteiger partial charge in [-0.1, -0.05) is 23.7 Å². The van der Waals surface area contributed by atoms with Crippen LogP contribution in [0.5, 0.6) is 0 Å². The number of rotatable bonds is 4. The van der Waals surface area contributed by atoms with Crippen molar-refractivity contribution in [3.8, 4) is 0 Å². The molecular formula is C16H21ClN2O2. The van der Waals surface area contributed by atoms with Crippen molar-refractivity contribution in [2.24, 2.45) is 5.73 Å². The summed E-state index contributed by atoms with van der Waals surface area (Å²) in [6.07, 6.45) is 3.33. The SMILES string of the molecule is NC1(C(=O)NCC2(c3cccc(Cl)c3)CC2)CCOCC1. The Balaban J connectivity index is 1.63. The van der Waals surface area contributed by atoms with Crippen molar-refractivity contribution in [1.29, 1.82) is 0 Å². The number of benzene rings is 1. The molecule has 0 aromatic heterocycles. The van der Waals surface area contributed by atoms with Gasteiger partial charge in [0.25, 0.3) is 0 Å². The van der Waals surface area contributed by atoms with Crippen molar-refractivity contribution in [2.75, 3.05) is 19.8 Å². The Bertz CT molecular complexity index is 537. The van der Waals surface area contributed by atoms with E-state index >= 15 is 0 Å². The minimum Gasteiger partial charge on any atom is -0.381 e. The summed E-state index contributed by atoms with van der Waals surface area (Å²) in [5, 5.41) is 3.79. The van der Waals surface area contributed by atoms with Gasteiger partial charge in [-0.2, -0.15) is 0 Å². The van der Waals surface area contributed by atoms with E-state index in [2.05, 4.69) is 11.4 Å². The molecule has 0 bridgehead atoms. The van der Waals surface area contributed by atoms with E-state index in [-0.39, 0.29) is 11.3 Å². The van der Waals surface area contributed by atoms with Gasteiger partial charge < -0.3 is 15.8 Å². The van der Waals surface area contributed by atoms with Gasteiger partial charge in [0.1, 0.15) is 0 Å². The number of ether oxygens (including phenoxy) is 1. The van der Waals surface area contributed by atoms with Crippen LogP contribution in [0.1, 0.15) is 31.2 Å². The van der Waals surface area contributed by atoms with E-state index in [1.54, 1.807) is 0 Å². The third kappa shape index (κ3) is 3.07. The molecule has 3 rings (SSSR count). The average molecular weight is 309 g/mol. The lowest BCUT2D eigenvalue weighted by Crippen LogP contribution is -2.57. The molecule has 0 unspecified atom stereocenters. The molecule has 5 heteroatoms. The zero-order valence-corrected chi connectivity index (χ0v) is 12.8. The van der Waals surface area contributed by atoms with Gasteiger partial charge in [0.15, 0.2) is 0 Å². The molecule has 1 aliphatic heterocycles. The fraction of sp³-hybridized carbons (Fsp3) is 0.562. The highest BCUT2D eigenvalue weighted by atomic mass is 35.5. The van der Waals surface area contributed by atoms with Crippen LogP contribution in [0, 0.1) is 0 Å². The highest BCUT2D eigenvalue weighted by Crippen LogP contribution is 2.48. The molecule has 114 valence electrons.